The monoisotopic (exact) mass is 313 g/mol. The van der Waals surface area contributed by atoms with Crippen LogP contribution in [0.4, 0.5) is 0 Å². The van der Waals surface area contributed by atoms with Gasteiger partial charge in [-0.15, -0.1) is 0 Å². The Hall–Kier alpha value is -0.950. The van der Waals surface area contributed by atoms with Gasteiger partial charge >= 0.3 is 0 Å². The second kappa shape index (κ2) is 6.87. The van der Waals surface area contributed by atoms with Crippen molar-refractivity contribution in [1.82, 2.24) is 4.31 Å². The van der Waals surface area contributed by atoms with Crippen LogP contribution in [-0.4, -0.2) is 44.6 Å². The smallest absolute Gasteiger partial charge is 0.243 e. The molecule has 0 amide bonds. The molecule has 1 saturated heterocycles. The van der Waals surface area contributed by atoms with Crippen molar-refractivity contribution >= 4 is 10.0 Å². The fourth-order valence-corrected chi connectivity index (χ4v) is 4.15. The Morgan fingerprint density at radius 1 is 1.29 bits per heavy atom. The van der Waals surface area contributed by atoms with Crippen LogP contribution in [0, 0.1) is 0 Å². The lowest BCUT2D eigenvalue weighted by Crippen LogP contribution is -2.48. The van der Waals surface area contributed by atoms with Crippen molar-refractivity contribution in [2.45, 2.75) is 44.5 Å². The molecule has 21 heavy (non-hydrogen) atoms. The number of hydrogen-bond donors (Lipinski definition) is 0. The minimum absolute atomic E-state index is 0.0878. The zero-order valence-electron chi connectivity index (χ0n) is 12.8. The van der Waals surface area contributed by atoms with Crippen LogP contribution < -0.4 is 0 Å². The maximum Gasteiger partial charge on any atom is 0.243 e. The molecular weight excluding hydrogens is 290 g/mol. The van der Waals surface area contributed by atoms with Crippen LogP contribution in [0.25, 0.3) is 0 Å². The Bertz CT molecular complexity index is 563. The van der Waals surface area contributed by atoms with Gasteiger partial charge in [0.2, 0.25) is 10.0 Å². The fraction of sp³-hybridized carbons (Fsp3) is 0.600. The molecule has 1 aliphatic heterocycles. The van der Waals surface area contributed by atoms with Crippen molar-refractivity contribution in [3.8, 4) is 0 Å². The van der Waals surface area contributed by atoms with Gasteiger partial charge < -0.3 is 9.47 Å². The summed E-state index contributed by atoms with van der Waals surface area (Å²) < 4.78 is 37.9. The van der Waals surface area contributed by atoms with Gasteiger partial charge in [0, 0.05) is 19.7 Å². The van der Waals surface area contributed by atoms with E-state index < -0.39 is 10.0 Å². The maximum atomic E-state index is 12.7. The summed E-state index contributed by atoms with van der Waals surface area (Å²) in [4.78, 5) is 0.320. The first kappa shape index (κ1) is 16.4. The molecule has 5 nitrogen and oxygen atoms in total. The van der Waals surface area contributed by atoms with Gasteiger partial charge in [0.05, 0.1) is 23.7 Å². The van der Waals surface area contributed by atoms with Crippen LogP contribution in [0.3, 0.4) is 0 Å². The third-order valence-corrected chi connectivity index (χ3v) is 5.22. The molecule has 0 unspecified atom stereocenters. The van der Waals surface area contributed by atoms with Crippen LogP contribution in [-0.2, 0) is 26.1 Å². The summed E-state index contributed by atoms with van der Waals surface area (Å²) in [5.74, 6) is 0. The van der Waals surface area contributed by atoms with Crippen LogP contribution in [0.1, 0.15) is 26.3 Å². The lowest BCUT2D eigenvalue weighted by molar-refractivity contribution is -0.0440. The van der Waals surface area contributed by atoms with Crippen molar-refractivity contribution in [1.29, 1.82) is 0 Å². The van der Waals surface area contributed by atoms with E-state index in [4.69, 9.17) is 9.47 Å². The molecule has 1 aromatic rings. The largest absolute Gasteiger partial charge is 0.377 e. The molecule has 0 aliphatic carbocycles. The number of nitrogens with zero attached hydrogens (tertiary/aromatic N) is 1. The summed E-state index contributed by atoms with van der Waals surface area (Å²) >= 11 is 0. The molecule has 1 aliphatic rings. The summed E-state index contributed by atoms with van der Waals surface area (Å²) in [5.41, 5.74) is 0.868. The molecule has 0 radical (unpaired) electrons. The first-order chi connectivity index (χ1) is 9.93. The van der Waals surface area contributed by atoms with Gasteiger partial charge in [-0.1, -0.05) is 12.1 Å². The topological polar surface area (TPSA) is 55.8 Å². The summed E-state index contributed by atoms with van der Waals surface area (Å²) in [6, 6.07) is 6.96. The van der Waals surface area contributed by atoms with Gasteiger partial charge in [0.15, 0.2) is 0 Å². The molecule has 2 rings (SSSR count). The number of benzene rings is 1. The average molecular weight is 313 g/mol. The van der Waals surface area contributed by atoms with Crippen LogP contribution >= 0.6 is 0 Å². The van der Waals surface area contributed by atoms with Crippen molar-refractivity contribution in [3.05, 3.63) is 29.8 Å². The van der Waals surface area contributed by atoms with Crippen molar-refractivity contribution in [3.63, 3.8) is 0 Å². The molecule has 1 heterocycles. The van der Waals surface area contributed by atoms with Gasteiger partial charge in [-0.25, -0.2) is 8.42 Å². The Balaban J connectivity index is 2.22. The van der Waals surface area contributed by atoms with Gasteiger partial charge in [0.25, 0.3) is 0 Å². The number of ether oxygens (including phenoxy) is 2. The summed E-state index contributed by atoms with van der Waals surface area (Å²) in [7, 11) is -3.48. The molecule has 1 aromatic carbocycles. The van der Waals surface area contributed by atoms with E-state index in [0.29, 0.717) is 31.2 Å². The quantitative estimate of drug-likeness (QED) is 0.834. The number of rotatable bonds is 5. The van der Waals surface area contributed by atoms with Gasteiger partial charge in [-0.2, -0.15) is 4.31 Å². The van der Waals surface area contributed by atoms with E-state index in [9.17, 15) is 8.42 Å². The standard InChI is InChI=1S/C15H23NO4S/c1-4-19-11-14-6-5-7-15(8-14)21(17,18)16-9-12(2)20-13(3)10-16/h5-8,12-13H,4,9-11H2,1-3H3/t12-,13-/m1/s1. The molecular formula is C15H23NO4S. The minimum Gasteiger partial charge on any atom is -0.377 e. The molecule has 0 bridgehead atoms. The molecule has 1 fully saturated rings. The Labute approximate surface area is 126 Å². The van der Waals surface area contributed by atoms with E-state index >= 15 is 0 Å². The SMILES string of the molecule is CCOCc1cccc(S(=O)(=O)N2C[C@@H](C)O[C@H](C)C2)c1. The highest BCUT2D eigenvalue weighted by Crippen LogP contribution is 2.22. The first-order valence-corrected chi connectivity index (χ1v) is 8.69. The first-order valence-electron chi connectivity index (χ1n) is 7.25. The van der Waals surface area contributed by atoms with E-state index in [1.54, 1.807) is 18.2 Å². The molecule has 0 N–H and O–H groups in total. The van der Waals surface area contributed by atoms with Crippen molar-refractivity contribution in [2.24, 2.45) is 0 Å². The minimum atomic E-state index is -3.48. The van der Waals surface area contributed by atoms with Crippen molar-refractivity contribution in [2.75, 3.05) is 19.7 Å². The Kier molecular flexibility index (Phi) is 5.37. The zero-order valence-corrected chi connectivity index (χ0v) is 13.6. The van der Waals surface area contributed by atoms with Crippen molar-refractivity contribution < 1.29 is 17.9 Å². The Morgan fingerprint density at radius 2 is 1.95 bits per heavy atom. The third kappa shape index (κ3) is 4.03. The molecule has 118 valence electrons. The second-order valence-electron chi connectivity index (χ2n) is 5.36. The molecule has 0 saturated carbocycles. The highest BCUT2D eigenvalue weighted by atomic mass is 32.2. The second-order valence-corrected chi connectivity index (χ2v) is 7.30. The van der Waals surface area contributed by atoms with Crippen LogP contribution in [0.2, 0.25) is 0 Å². The van der Waals surface area contributed by atoms with E-state index in [1.807, 2.05) is 26.8 Å². The number of hydrogen-bond acceptors (Lipinski definition) is 4. The molecule has 2 atom stereocenters. The Morgan fingerprint density at radius 3 is 2.57 bits per heavy atom. The lowest BCUT2D eigenvalue weighted by atomic mass is 10.2. The normalized spacial score (nSPS) is 24.1. The summed E-state index contributed by atoms with van der Waals surface area (Å²) in [5, 5.41) is 0. The van der Waals surface area contributed by atoms with Gasteiger partial charge in [0.1, 0.15) is 0 Å². The summed E-state index contributed by atoms with van der Waals surface area (Å²) in [6.45, 7) is 7.51. The molecule has 0 spiro atoms. The van der Waals surface area contributed by atoms with Gasteiger partial charge in [-0.05, 0) is 38.5 Å². The van der Waals surface area contributed by atoms with E-state index in [-0.39, 0.29) is 12.2 Å². The lowest BCUT2D eigenvalue weighted by Gasteiger charge is -2.34. The predicted molar refractivity (Wildman–Crippen MR) is 80.5 cm³/mol. The fourth-order valence-electron chi connectivity index (χ4n) is 2.49. The third-order valence-electron chi connectivity index (χ3n) is 3.40. The van der Waals surface area contributed by atoms with Crippen LogP contribution in [0.15, 0.2) is 29.2 Å². The van der Waals surface area contributed by atoms with E-state index in [1.165, 1.54) is 4.31 Å². The zero-order chi connectivity index (χ0) is 15.5. The van der Waals surface area contributed by atoms with Crippen LogP contribution in [0.5, 0.6) is 0 Å². The number of sulfonamides is 1. The molecule has 6 heteroatoms. The van der Waals surface area contributed by atoms with Gasteiger partial charge in [-0.3, -0.25) is 0 Å². The number of morpholine rings is 1. The maximum absolute atomic E-state index is 12.7. The van der Waals surface area contributed by atoms with E-state index in [2.05, 4.69) is 0 Å². The average Bonchev–Trinajstić information content (AvgIpc) is 2.44. The summed E-state index contributed by atoms with van der Waals surface area (Å²) in [6.07, 6.45) is -0.176. The van der Waals surface area contributed by atoms with E-state index in [0.717, 1.165) is 5.56 Å². The highest BCUT2D eigenvalue weighted by Gasteiger charge is 2.32. The highest BCUT2D eigenvalue weighted by molar-refractivity contribution is 7.89. The molecule has 0 aromatic heterocycles. The predicted octanol–water partition coefficient (Wildman–Crippen LogP) is 2.02.